The van der Waals surface area contributed by atoms with Gasteiger partial charge in [0.05, 0.1) is 11.4 Å². The van der Waals surface area contributed by atoms with Gasteiger partial charge in [0, 0.05) is 13.1 Å². The Morgan fingerprint density at radius 3 is 2.71 bits per heavy atom. The zero-order valence-electron chi connectivity index (χ0n) is 10.1. The van der Waals surface area contributed by atoms with Gasteiger partial charge in [-0.1, -0.05) is 12.1 Å². The third kappa shape index (κ3) is 3.01. The number of benzene rings is 1. The van der Waals surface area contributed by atoms with Crippen LogP contribution in [0.15, 0.2) is 41.1 Å². The van der Waals surface area contributed by atoms with E-state index in [4.69, 9.17) is 5.73 Å². The number of rotatable bonds is 5. The van der Waals surface area contributed by atoms with Crippen molar-refractivity contribution in [3.63, 3.8) is 0 Å². The van der Waals surface area contributed by atoms with Crippen molar-refractivity contribution in [3.8, 4) is 0 Å². The van der Waals surface area contributed by atoms with Gasteiger partial charge in [-0.25, -0.2) is 0 Å². The van der Waals surface area contributed by atoms with Crippen LogP contribution in [0.3, 0.4) is 0 Å². The van der Waals surface area contributed by atoms with E-state index in [0.29, 0.717) is 0 Å². The van der Waals surface area contributed by atoms with Crippen molar-refractivity contribution >= 4 is 22.7 Å². The lowest BCUT2D eigenvalue weighted by Gasteiger charge is -2.24. The van der Waals surface area contributed by atoms with Crippen LogP contribution < -0.4 is 10.6 Å². The average Bonchev–Trinajstić information content (AvgIpc) is 2.85. The van der Waals surface area contributed by atoms with Gasteiger partial charge >= 0.3 is 0 Å². The molecule has 0 aliphatic carbocycles. The summed E-state index contributed by atoms with van der Waals surface area (Å²) >= 11 is 1.75. The molecule has 2 nitrogen and oxygen atoms in total. The van der Waals surface area contributed by atoms with E-state index < -0.39 is 0 Å². The second-order valence-electron chi connectivity index (χ2n) is 4.02. The third-order valence-corrected chi connectivity index (χ3v) is 3.64. The first-order valence-electron chi connectivity index (χ1n) is 5.91. The van der Waals surface area contributed by atoms with E-state index in [2.05, 4.69) is 34.7 Å². The van der Waals surface area contributed by atoms with Gasteiger partial charge in [-0.05, 0) is 47.9 Å². The van der Waals surface area contributed by atoms with E-state index in [-0.39, 0.29) is 0 Å². The minimum Gasteiger partial charge on any atom is -0.397 e. The lowest BCUT2D eigenvalue weighted by Crippen LogP contribution is -2.26. The van der Waals surface area contributed by atoms with Crippen LogP contribution in [-0.2, 0) is 6.42 Å². The van der Waals surface area contributed by atoms with E-state index >= 15 is 0 Å². The molecule has 0 aliphatic heterocycles. The number of hydrogen-bond donors (Lipinski definition) is 1. The molecule has 2 rings (SSSR count). The summed E-state index contributed by atoms with van der Waals surface area (Å²) in [6.45, 7) is 4.17. The topological polar surface area (TPSA) is 29.3 Å². The van der Waals surface area contributed by atoms with Gasteiger partial charge in [0.15, 0.2) is 0 Å². The van der Waals surface area contributed by atoms with E-state index in [0.717, 1.165) is 30.9 Å². The number of thiophene rings is 1. The molecule has 0 fully saturated rings. The summed E-state index contributed by atoms with van der Waals surface area (Å²) in [5, 5.41) is 4.34. The second kappa shape index (κ2) is 5.73. The molecule has 0 bridgehead atoms. The summed E-state index contributed by atoms with van der Waals surface area (Å²) in [7, 11) is 0. The SMILES string of the molecule is CCN(CCc1ccsc1)c1ccccc1N. The summed E-state index contributed by atoms with van der Waals surface area (Å²) in [5.74, 6) is 0. The molecular weight excluding hydrogens is 228 g/mol. The number of para-hydroxylation sites is 2. The van der Waals surface area contributed by atoms with Crippen molar-refractivity contribution < 1.29 is 0 Å². The molecule has 17 heavy (non-hydrogen) atoms. The van der Waals surface area contributed by atoms with Crippen LogP contribution in [-0.4, -0.2) is 13.1 Å². The van der Waals surface area contributed by atoms with Crippen molar-refractivity contribution in [2.24, 2.45) is 0 Å². The molecule has 90 valence electrons. The molecule has 0 saturated carbocycles. The molecule has 1 aromatic carbocycles. The van der Waals surface area contributed by atoms with Gasteiger partial charge in [0.2, 0.25) is 0 Å². The quantitative estimate of drug-likeness (QED) is 0.819. The molecule has 0 unspecified atom stereocenters. The zero-order valence-corrected chi connectivity index (χ0v) is 10.9. The Bertz CT molecular complexity index is 451. The molecular formula is C14H18N2S. The van der Waals surface area contributed by atoms with E-state index in [9.17, 15) is 0 Å². The van der Waals surface area contributed by atoms with Crippen LogP contribution in [0.5, 0.6) is 0 Å². The standard InChI is InChI=1S/C14H18N2S/c1-2-16(9-7-12-8-10-17-11-12)14-6-4-3-5-13(14)15/h3-6,8,10-11H,2,7,9,15H2,1H3. The fraction of sp³-hybridized carbons (Fsp3) is 0.286. The highest BCUT2D eigenvalue weighted by Gasteiger charge is 2.07. The van der Waals surface area contributed by atoms with E-state index in [1.807, 2.05) is 18.2 Å². The molecule has 0 radical (unpaired) electrons. The van der Waals surface area contributed by atoms with Crippen molar-refractivity contribution in [1.82, 2.24) is 0 Å². The predicted octanol–water partition coefficient (Wildman–Crippen LogP) is 3.40. The largest absolute Gasteiger partial charge is 0.397 e. The van der Waals surface area contributed by atoms with Crippen molar-refractivity contribution in [2.45, 2.75) is 13.3 Å². The highest BCUT2D eigenvalue weighted by Crippen LogP contribution is 2.22. The Balaban J connectivity index is 2.04. The first-order chi connectivity index (χ1) is 8.31. The van der Waals surface area contributed by atoms with Crippen LogP contribution in [0, 0.1) is 0 Å². The number of anilines is 2. The number of likely N-dealkylation sites (N-methyl/N-ethyl adjacent to an activating group) is 1. The zero-order chi connectivity index (χ0) is 12.1. The average molecular weight is 246 g/mol. The molecule has 2 aromatic rings. The highest BCUT2D eigenvalue weighted by atomic mass is 32.1. The molecule has 0 spiro atoms. The monoisotopic (exact) mass is 246 g/mol. The van der Waals surface area contributed by atoms with Crippen LogP contribution in [0.4, 0.5) is 11.4 Å². The minimum atomic E-state index is 0.861. The fourth-order valence-corrected chi connectivity index (χ4v) is 2.63. The molecule has 0 atom stereocenters. The molecule has 1 heterocycles. The van der Waals surface area contributed by atoms with Gasteiger partial charge in [0.25, 0.3) is 0 Å². The molecule has 2 N–H and O–H groups in total. The number of nitrogens with zero attached hydrogens (tertiary/aromatic N) is 1. The number of nitrogen functional groups attached to an aromatic ring is 1. The maximum Gasteiger partial charge on any atom is 0.0599 e. The summed E-state index contributed by atoms with van der Waals surface area (Å²) in [5.41, 5.74) is 9.42. The Kier molecular flexibility index (Phi) is 4.04. The van der Waals surface area contributed by atoms with E-state index in [1.165, 1.54) is 5.56 Å². The summed E-state index contributed by atoms with van der Waals surface area (Å²) in [6.07, 6.45) is 1.08. The van der Waals surface area contributed by atoms with Crippen LogP contribution in [0.2, 0.25) is 0 Å². The molecule has 0 aliphatic rings. The smallest absolute Gasteiger partial charge is 0.0599 e. The highest BCUT2D eigenvalue weighted by molar-refractivity contribution is 7.07. The van der Waals surface area contributed by atoms with E-state index in [1.54, 1.807) is 11.3 Å². The number of hydrogen-bond acceptors (Lipinski definition) is 3. The van der Waals surface area contributed by atoms with Crippen LogP contribution >= 0.6 is 11.3 Å². The first-order valence-corrected chi connectivity index (χ1v) is 6.86. The third-order valence-electron chi connectivity index (χ3n) is 2.91. The maximum atomic E-state index is 6.01. The Morgan fingerprint density at radius 2 is 2.06 bits per heavy atom. The van der Waals surface area contributed by atoms with Crippen molar-refractivity contribution in [1.29, 1.82) is 0 Å². The molecule has 0 amide bonds. The summed E-state index contributed by atoms with van der Waals surface area (Å²) in [4.78, 5) is 2.33. The summed E-state index contributed by atoms with van der Waals surface area (Å²) < 4.78 is 0. The lowest BCUT2D eigenvalue weighted by molar-refractivity contribution is 0.811. The second-order valence-corrected chi connectivity index (χ2v) is 4.80. The van der Waals surface area contributed by atoms with Gasteiger partial charge in [-0.3, -0.25) is 0 Å². The Hall–Kier alpha value is -1.48. The van der Waals surface area contributed by atoms with Gasteiger partial charge < -0.3 is 10.6 Å². The van der Waals surface area contributed by atoms with Crippen LogP contribution in [0.25, 0.3) is 0 Å². The Morgan fingerprint density at radius 1 is 1.24 bits per heavy atom. The lowest BCUT2D eigenvalue weighted by atomic mass is 10.2. The Labute approximate surface area is 107 Å². The van der Waals surface area contributed by atoms with Gasteiger partial charge in [-0.2, -0.15) is 11.3 Å². The minimum absolute atomic E-state index is 0.861. The normalized spacial score (nSPS) is 10.4. The van der Waals surface area contributed by atoms with Crippen molar-refractivity contribution in [2.75, 3.05) is 23.7 Å². The maximum absolute atomic E-state index is 6.01. The molecule has 3 heteroatoms. The first kappa shape index (κ1) is 12.0. The number of nitrogens with two attached hydrogens (primary N) is 1. The molecule has 1 aromatic heterocycles. The fourth-order valence-electron chi connectivity index (χ4n) is 1.92. The van der Waals surface area contributed by atoms with Gasteiger partial charge in [0.1, 0.15) is 0 Å². The molecule has 0 saturated heterocycles. The summed E-state index contributed by atoms with van der Waals surface area (Å²) in [6, 6.07) is 10.3. The van der Waals surface area contributed by atoms with Crippen LogP contribution in [0.1, 0.15) is 12.5 Å². The van der Waals surface area contributed by atoms with Crippen molar-refractivity contribution in [3.05, 3.63) is 46.7 Å². The van der Waals surface area contributed by atoms with Gasteiger partial charge in [-0.15, -0.1) is 0 Å². The predicted molar refractivity (Wildman–Crippen MR) is 76.8 cm³/mol.